The average molecular weight is 451 g/mol. The van der Waals surface area contributed by atoms with Gasteiger partial charge in [0.1, 0.15) is 0 Å². The molecule has 0 aromatic carbocycles. The van der Waals surface area contributed by atoms with Gasteiger partial charge in [-0.15, -0.1) is 0 Å². The molecule has 0 saturated carbocycles. The zero-order chi connectivity index (χ0) is 5.91. The summed E-state index contributed by atoms with van der Waals surface area (Å²) < 4.78 is -0.992. The van der Waals surface area contributed by atoms with Crippen LogP contribution in [0.1, 0.15) is 0 Å². The first-order chi connectivity index (χ1) is 3.06. The van der Waals surface area contributed by atoms with Crippen molar-refractivity contribution in [2.24, 2.45) is 0 Å². The molecule has 7 heavy (non-hydrogen) atoms. The van der Waals surface area contributed by atoms with E-state index in [1.54, 1.807) is 6.15 Å². The summed E-state index contributed by atoms with van der Waals surface area (Å²) >= 11 is 6.85. The first-order valence-corrected chi connectivity index (χ1v) is 11.5. The molecule has 0 unspecified atom stereocenters. The standard InChI is InChI=1S/CHBI3NS/c3-7(4,5)2-1-6/h7H. The molecule has 0 aromatic rings. The summed E-state index contributed by atoms with van der Waals surface area (Å²) in [4.78, 5) is 0. The van der Waals surface area contributed by atoms with E-state index in [2.05, 4.69) is 63.6 Å². The van der Waals surface area contributed by atoms with Crippen molar-refractivity contribution in [1.82, 2.24) is 0 Å². The van der Waals surface area contributed by atoms with Crippen LogP contribution >= 0.6 is 64.6 Å². The van der Waals surface area contributed by atoms with Gasteiger partial charge in [-0.25, -0.2) is 0 Å². The Kier molecular flexibility index (Phi) is 5.20. The van der Waals surface area contributed by atoms with Gasteiger partial charge in [0, 0.05) is 0 Å². The van der Waals surface area contributed by atoms with Gasteiger partial charge in [-0.05, 0) is 0 Å². The summed E-state index contributed by atoms with van der Waals surface area (Å²) in [7, 11) is 0. The molecule has 0 aromatic heterocycles. The van der Waals surface area contributed by atoms with Gasteiger partial charge in [-0.3, -0.25) is 0 Å². The van der Waals surface area contributed by atoms with Crippen LogP contribution in [0.3, 0.4) is 0 Å². The summed E-state index contributed by atoms with van der Waals surface area (Å²) in [5, 5.41) is 8.11. The van der Waals surface area contributed by atoms with Crippen LogP contribution in [0.15, 0.2) is 0 Å². The van der Waals surface area contributed by atoms with Gasteiger partial charge in [0.2, 0.25) is 0 Å². The van der Waals surface area contributed by atoms with Crippen LogP contribution in [0, 0.1) is 11.2 Å². The summed E-state index contributed by atoms with van der Waals surface area (Å²) in [5.41, 5.74) is 0. The van der Waals surface area contributed by atoms with E-state index in [0.29, 0.717) is 0 Å². The number of hydrogen-bond acceptors (Lipinski definition) is 1. The SMILES string of the molecule is N#CB=[SH](I)(I)I. The van der Waals surface area contributed by atoms with Gasteiger partial charge in [0.15, 0.2) is 0 Å². The Hall–Kier alpha value is 2.09. The molecular weight excluding hydrogens is 450 g/mol. The van der Waals surface area contributed by atoms with Gasteiger partial charge >= 0.3 is 82.0 Å². The third-order valence-electron chi connectivity index (χ3n) is 0.204. The summed E-state index contributed by atoms with van der Waals surface area (Å²) in [5.74, 6) is 2.01. The molecule has 0 aliphatic heterocycles. The monoisotopic (exact) mass is 451 g/mol. The van der Waals surface area contributed by atoms with E-state index in [4.69, 9.17) is 5.26 Å². The zero-order valence-electron chi connectivity index (χ0n) is 3.11. The van der Waals surface area contributed by atoms with Crippen LogP contribution < -0.4 is 0 Å². The van der Waals surface area contributed by atoms with Crippen molar-refractivity contribution in [2.45, 2.75) is 0 Å². The second kappa shape index (κ2) is 4.00. The van der Waals surface area contributed by atoms with Crippen molar-refractivity contribution in [2.75, 3.05) is 0 Å². The minimum atomic E-state index is -0.992. The number of halogens is 3. The van der Waals surface area contributed by atoms with Crippen LogP contribution in [-0.4, -0.2) is 6.15 Å². The Bertz CT molecular complexity index is 133. The molecule has 40 valence electrons. The predicted octanol–water partition coefficient (Wildman–Crippen LogP) is 2.67. The molecule has 0 fully saturated rings. The predicted molar refractivity (Wildman–Crippen MR) is 62.4 cm³/mol. The van der Waals surface area contributed by atoms with E-state index < -0.39 is 0.968 Å². The molecule has 0 N–H and O–H groups in total. The van der Waals surface area contributed by atoms with Crippen LogP contribution in [0.25, 0.3) is 0 Å². The number of rotatable bonds is 0. The first kappa shape index (κ1) is 9.09. The third-order valence-corrected chi connectivity index (χ3v) is 3.12. The van der Waals surface area contributed by atoms with Crippen LogP contribution in [0.2, 0.25) is 0 Å². The molecule has 0 radical (unpaired) electrons. The Morgan fingerprint density at radius 2 is 1.86 bits per heavy atom. The van der Waals surface area contributed by atoms with Crippen LogP contribution in [-0.2, 0) is 0 Å². The third kappa shape index (κ3) is 8.09. The van der Waals surface area contributed by atoms with Crippen molar-refractivity contribution in [3.05, 3.63) is 0 Å². The Labute approximate surface area is 80.4 Å². The van der Waals surface area contributed by atoms with Gasteiger partial charge < -0.3 is 0 Å². The average Bonchev–Trinajstić information content (AvgIpc) is 1.30. The fourth-order valence-electron chi connectivity index (χ4n) is 0.0655. The fourth-order valence-corrected chi connectivity index (χ4v) is 1.32. The maximum atomic E-state index is 8.11. The molecule has 0 heterocycles. The molecule has 0 bridgehead atoms. The van der Waals surface area contributed by atoms with E-state index in [9.17, 15) is 0 Å². The van der Waals surface area contributed by atoms with Gasteiger partial charge in [0.05, 0.1) is 0 Å². The van der Waals surface area contributed by atoms with E-state index in [1.807, 2.05) is 5.97 Å². The maximum absolute atomic E-state index is 8.11. The quantitative estimate of drug-likeness (QED) is 0.343. The molecule has 0 amide bonds. The number of nitriles is 1. The molecule has 0 rings (SSSR count). The summed E-state index contributed by atoms with van der Waals surface area (Å²) in [6, 6.07) is 0. The Morgan fingerprint density at radius 3 is 1.86 bits per heavy atom. The molecule has 6 heteroatoms. The summed E-state index contributed by atoms with van der Waals surface area (Å²) in [6.07, 6.45) is 1.69. The van der Waals surface area contributed by atoms with Crippen molar-refractivity contribution in [3.63, 3.8) is 0 Å². The number of thiol groups is 1. The van der Waals surface area contributed by atoms with E-state index in [1.165, 1.54) is 0 Å². The molecule has 0 aliphatic carbocycles. The molecule has 1 nitrogen and oxygen atoms in total. The van der Waals surface area contributed by atoms with E-state index in [0.717, 1.165) is 0 Å². The number of nitrogens with zero attached hydrogens (tertiary/aromatic N) is 1. The van der Waals surface area contributed by atoms with Gasteiger partial charge in [-0.2, -0.15) is 0 Å². The Morgan fingerprint density at radius 1 is 1.43 bits per heavy atom. The Balaban J connectivity index is 4.08. The molecular formula is CHBI3NS. The second-order valence-corrected chi connectivity index (χ2v) is 32.3. The van der Waals surface area contributed by atoms with Crippen molar-refractivity contribution < 1.29 is 0 Å². The topological polar surface area (TPSA) is 23.8 Å². The van der Waals surface area contributed by atoms with E-state index in [-0.39, 0.29) is 0 Å². The molecule has 0 saturated heterocycles. The second-order valence-electron chi connectivity index (χ2n) is 0.743. The first-order valence-electron chi connectivity index (χ1n) is 1.28. The van der Waals surface area contributed by atoms with E-state index >= 15 is 0 Å². The van der Waals surface area contributed by atoms with Crippen molar-refractivity contribution in [1.29, 1.82) is 5.26 Å². The van der Waals surface area contributed by atoms with Gasteiger partial charge in [0.25, 0.3) is 0 Å². The normalized spacial score (nSPS) is 11.7. The fraction of sp³-hybridized carbons (Fsp3) is 0. The molecule has 0 atom stereocenters. The van der Waals surface area contributed by atoms with Crippen LogP contribution in [0.5, 0.6) is 0 Å². The van der Waals surface area contributed by atoms with Crippen molar-refractivity contribution >= 4 is 70.7 Å². The number of hydrogen-bond donors (Lipinski definition) is 1. The minimum absolute atomic E-state index is 0.992. The molecule has 0 aliphatic rings. The summed E-state index contributed by atoms with van der Waals surface area (Å²) in [6.45, 7) is 0. The van der Waals surface area contributed by atoms with Crippen LogP contribution in [0.4, 0.5) is 0 Å². The molecule has 0 spiro atoms. The van der Waals surface area contributed by atoms with Gasteiger partial charge in [-0.1, -0.05) is 0 Å². The van der Waals surface area contributed by atoms with Crippen molar-refractivity contribution in [3.8, 4) is 5.97 Å². The zero-order valence-corrected chi connectivity index (χ0v) is 10.5.